The third-order valence-corrected chi connectivity index (χ3v) is 2.10. The van der Waals surface area contributed by atoms with Gasteiger partial charge in [-0.2, -0.15) is 10.2 Å². The first kappa shape index (κ1) is 12.5. The monoisotopic (exact) mass is 238 g/mol. The largest absolute Gasteiger partial charge is 0.297 e. The molecule has 0 aromatic heterocycles. The van der Waals surface area contributed by atoms with Crippen molar-refractivity contribution in [2.45, 2.75) is 19.9 Å². The summed E-state index contributed by atoms with van der Waals surface area (Å²) in [6, 6.07) is 5.69. The Kier molecular flexibility index (Phi) is 4.31. The van der Waals surface area contributed by atoms with Crippen LogP contribution in [0.1, 0.15) is 13.8 Å². The fourth-order valence-electron chi connectivity index (χ4n) is 1.11. The van der Waals surface area contributed by atoms with Crippen LogP contribution in [0, 0.1) is 0 Å². The van der Waals surface area contributed by atoms with E-state index >= 15 is 0 Å². The van der Waals surface area contributed by atoms with E-state index in [1.807, 2.05) is 0 Å². The van der Waals surface area contributed by atoms with Crippen LogP contribution in [-0.4, -0.2) is 17.6 Å². The first-order valence-electron chi connectivity index (χ1n) is 4.68. The molecule has 0 spiro atoms. The first-order chi connectivity index (χ1) is 7.50. The van der Waals surface area contributed by atoms with Crippen LogP contribution < -0.4 is 0 Å². The molecule has 0 unspecified atom stereocenters. The first-order valence-corrected chi connectivity index (χ1v) is 5.06. The number of Topliss-reactive ketones (excluding diaryl/α,β-unsaturated/α-hetero) is 2. The number of hydrogen-bond donors (Lipinski definition) is 0. The number of hydrogen-bond acceptors (Lipinski definition) is 4. The lowest BCUT2D eigenvalue weighted by Crippen LogP contribution is -2.23. The molecule has 1 aromatic carbocycles. The highest BCUT2D eigenvalue weighted by Crippen LogP contribution is 2.18. The van der Waals surface area contributed by atoms with Crippen LogP contribution in [0.25, 0.3) is 0 Å². The smallest absolute Gasteiger partial charge is 0.187 e. The van der Waals surface area contributed by atoms with Gasteiger partial charge in [0.25, 0.3) is 0 Å². The van der Waals surface area contributed by atoms with E-state index in [2.05, 4.69) is 10.2 Å². The van der Waals surface area contributed by atoms with E-state index in [4.69, 9.17) is 11.6 Å². The third kappa shape index (κ3) is 3.55. The van der Waals surface area contributed by atoms with E-state index in [-0.39, 0.29) is 11.6 Å². The maximum atomic E-state index is 11.1. The second kappa shape index (κ2) is 5.51. The Labute approximate surface area is 98.3 Å². The van der Waals surface area contributed by atoms with Gasteiger partial charge in [-0.25, -0.2) is 0 Å². The van der Waals surface area contributed by atoms with Crippen LogP contribution in [0.3, 0.4) is 0 Å². The van der Waals surface area contributed by atoms with Gasteiger partial charge in [-0.3, -0.25) is 9.59 Å². The zero-order valence-corrected chi connectivity index (χ0v) is 9.73. The summed E-state index contributed by atoms with van der Waals surface area (Å²) in [7, 11) is 0. The predicted molar refractivity (Wildman–Crippen MR) is 61.1 cm³/mol. The van der Waals surface area contributed by atoms with Crippen molar-refractivity contribution in [1.82, 2.24) is 0 Å². The van der Waals surface area contributed by atoms with Gasteiger partial charge in [-0.15, -0.1) is 0 Å². The average Bonchev–Trinajstić information content (AvgIpc) is 2.16. The SMILES string of the molecule is CC(=O)C(N=Nc1cccc(Cl)c1)C(C)=O. The summed E-state index contributed by atoms with van der Waals surface area (Å²) in [5, 5.41) is 8.04. The topological polar surface area (TPSA) is 58.9 Å². The van der Waals surface area contributed by atoms with Gasteiger partial charge in [0, 0.05) is 5.02 Å². The summed E-state index contributed by atoms with van der Waals surface area (Å²) >= 11 is 5.75. The molecule has 0 radical (unpaired) electrons. The second-order valence-corrected chi connectivity index (χ2v) is 3.76. The third-order valence-electron chi connectivity index (χ3n) is 1.87. The highest BCUT2D eigenvalue weighted by molar-refractivity contribution is 6.30. The number of halogens is 1. The fraction of sp³-hybridized carbons (Fsp3) is 0.273. The number of carbonyl (C=O) groups excluding carboxylic acids is 2. The van der Waals surface area contributed by atoms with Crippen molar-refractivity contribution in [3.8, 4) is 0 Å². The molecule has 0 heterocycles. The van der Waals surface area contributed by atoms with E-state index in [9.17, 15) is 9.59 Å². The van der Waals surface area contributed by atoms with Crippen molar-refractivity contribution in [2.24, 2.45) is 10.2 Å². The van der Waals surface area contributed by atoms with Crippen LogP contribution in [0.2, 0.25) is 5.02 Å². The number of nitrogens with zero attached hydrogens (tertiary/aromatic N) is 2. The summed E-state index contributed by atoms with van der Waals surface area (Å²) in [5.41, 5.74) is 0.514. The lowest BCUT2D eigenvalue weighted by Gasteiger charge is -2.01. The van der Waals surface area contributed by atoms with Crippen LogP contribution in [0.4, 0.5) is 5.69 Å². The molecular weight excluding hydrogens is 228 g/mol. The minimum Gasteiger partial charge on any atom is -0.297 e. The Hall–Kier alpha value is -1.55. The molecule has 0 amide bonds. The van der Waals surface area contributed by atoms with Gasteiger partial charge in [0.2, 0.25) is 0 Å². The lowest BCUT2D eigenvalue weighted by atomic mass is 10.1. The Morgan fingerprint density at radius 1 is 1.25 bits per heavy atom. The molecule has 4 nitrogen and oxygen atoms in total. The molecule has 1 aromatic rings. The van der Waals surface area contributed by atoms with Crippen molar-refractivity contribution in [1.29, 1.82) is 0 Å². The molecule has 5 heteroatoms. The number of rotatable bonds is 4. The van der Waals surface area contributed by atoms with E-state index in [0.717, 1.165) is 0 Å². The molecule has 16 heavy (non-hydrogen) atoms. The van der Waals surface area contributed by atoms with Crippen molar-refractivity contribution in [2.75, 3.05) is 0 Å². The average molecular weight is 239 g/mol. The fourth-order valence-corrected chi connectivity index (χ4v) is 1.30. The second-order valence-electron chi connectivity index (χ2n) is 3.32. The van der Waals surface area contributed by atoms with Gasteiger partial charge in [-0.05, 0) is 32.0 Å². The minimum absolute atomic E-state index is 0.321. The van der Waals surface area contributed by atoms with Crippen molar-refractivity contribution in [3.63, 3.8) is 0 Å². The Morgan fingerprint density at radius 2 is 1.88 bits per heavy atom. The van der Waals surface area contributed by atoms with Crippen LogP contribution in [0.5, 0.6) is 0 Å². The van der Waals surface area contributed by atoms with E-state index in [1.54, 1.807) is 24.3 Å². The summed E-state index contributed by atoms with van der Waals surface area (Å²) in [5.74, 6) is -0.642. The Bertz CT molecular complexity index is 429. The predicted octanol–water partition coefficient (Wildman–Crippen LogP) is 2.97. The molecule has 0 atom stereocenters. The number of benzene rings is 1. The van der Waals surface area contributed by atoms with Gasteiger partial charge < -0.3 is 0 Å². The van der Waals surface area contributed by atoms with Gasteiger partial charge in [0.15, 0.2) is 17.6 Å². The number of carbonyl (C=O) groups is 2. The van der Waals surface area contributed by atoms with Crippen LogP contribution >= 0.6 is 11.6 Å². The van der Waals surface area contributed by atoms with E-state index in [1.165, 1.54) is 13.8 Å². The van der Waals surface area contributed by atoms with Gasteiger partial charge in [0.05, 0.1) is 5.69 Å². The summed E-state index contributed by atoms with van der Waals surface area (Å²) < 4.78 is 0. The van der Waals surface area contributed by atoms with Gasteiger partial charge in [-0.1, -0.05) is 17.7 Å². The zero-order chi connectivity index (χ0) is 12.1. The Morgan fingerprint density at radius 3 is 2.38 bits per heavy atom. The molecule has 0 N–H and O–H groups in total. The summed E-state index contributed by atoms with van der Waals surface area (Å²) in [6.07, 6.45) is 0. The normalized spacial score (nSPS) is 11.0. The lowest BCUT2D eigenvalue weighted by molar-refractivity contribution is -0.126. The van der Waals surface area contributed by atoms with Crippen molar-refractivity contribution >= 4 is 28.9 Å². The molecule has 0 aliphatic heterocycles. The van der Waals surface area contributed by atoms with Gasteiger partial charge in [0.1, 0.15) is 0 Å². The molecule has 0 aliphatic rings. The summed E-state index contributed by atoms with van der Waals surface area (Å²) in [4.78, 5) is 22.1. The maximum absolute atomic E-state index is 11.1. The molecular formula is C11H11ClN2O2. The standard InChI is InChI=1S/C11H11ClN2O2/c1-7(15)11(8(2)16)14-13-10-5-3-4-9(12)6-10/h3-6,11H,1-2H3. The van der Waals surface area contributed by atoms with Crippen LogP contribution in [0.15, 0.2) is 34.5 Å². The van der Waals surface area contributed by atoms with E-state index in [0.29, 0.717) is 10.7 Å². The maximum Gasteiger partial charge on any atom is 0.187 e. The quantitative estimate of drug-likeness (QED) is 0.598. The molecule has 0 saturated carbocycles. The van der Waals surface area contributed by atoms with Crippen molar-refractivity contribution in [3.05, 3.63) is 29.3 Å². The zero-order valence-electron chi connectivity index (χ0n) is 8.98. The molecule has 84 valence electrons. The van der Waals surface area contributed by atoms with E-state index < -0.39 is 6.04 Å². The van der Waals surface area contributed by atoms with Crippen LogP contribution in [-0.2, 0) is 9.59 Å². The molecule has 0 saturated heterocycles. The van der Waals surface area contributed by atoms with Gasteiger partial charge >= 0.3 is 0 Å². The number of azo groups is 1. The molecule has 0 fully saturated rings. The molecule has 0 aliphatic carbocycles. The Balaban J connectivity index is 2.86. The molecule has 1 rings (SSSR count). The minimum atomic E-state index is -1.01. The van der Waals surface area contributed by atoms with Crippen molar-refractivity contribution < 1.29 is 9.59 Å². The highest BCUT2D eigenvalue weighted by atomic mass is 35.5. The highest BCUT2D eigenvalue weighted by Gasteiger charge is 2.18. The number of ketones is 2. The summed E-state index contributed by atoms with van der Waals surface area (Å²) in [6.45, 7) is 2.62. The molecule has 0 bridgehead atoms.